The summed E-state index contributed by atoms with van der Waals surface area (Å²) < 4.78 is 16.3. The molecule has 0 saturated heterocycles. The molecule has 626 valence electrons. The average molecular weight is 1670 g/mol. The van der Waals surface area contributed by atoms with Gasteiger partial charge >= 0.3 is 18.3 Å². The van der Waals surface area contributed by atoms with Gasteiger partial charge in [-0.05, 0) is 212 Å². The highest BCUT2D eigenvalue weighted by Crippen LogP contribution is 2.49. The second-order valence-corrected chi connectivity index (χ2v) is 31.5. The molecule has 25 heteroatoms. The van der Waals surface area contributed by atoms with Crippen LogP contribution in [0.1, 0.15) is 169 Å². The number of unbranched alkanes of at least 4 members (excludes halogenated alkanes) is 9. The van der Waals surface area contributed by atoms with Crippen LogP contribution >= 0.6 is 59.4 Å². The fourth-order valence-corrected chi connectivity index (χ4v) is 15.9. The third-order valence-electron chi connectivity index (χ3n) is 19.4. The fraction of sp³-hybridized carbons (Fsp3) is 0.506. The second-order valence-electron chi connectivity index (χ2n) is 27.6. The number of hydrogen-bond donors (Lipinski definition) is 4. The molecule has 6 aromatic carbocycles. The summed E-state index contributed by atoms with van der Waals surface area (Å²) in [6.07, 6.45) is 13.2. The minimum atomic E-state index is -0.407. The van der Waals surface area contributed by atoms with Crippen LogP contribution in [0.2, 0.25) is 0 Å². The van der Waals surface area contributed by atoms with E-state index < -0.39 is 5.92 Å². The largest absolute Gasteiger partial charge is 0.415 e. The van der Waals surface area contributed by atoms with E-state index in [2.05, 4.69) is 155 Å². The smallest absolute Gasteiger partial charge is 0.410 e. The van der Waals surface area contributed by atoms with Gasteiger partial charge in [0.25, 0.3) is 0 Å². The predicted octanol–water partition coefficient (Wildman–Crippen LogP) is 19.4. The molecule has 20 nitrogen and oxygen atoms in total. The molecule has 0 heterocycles. The highest BCUT2D eigenvalue weighted by atomic mass is 35.5. The van der Waals surface area contributed by atoms with Gasteiger partial charge in [-0.2, -0.15) is 24.4 Å². The van der Waals surface area contributed by atoms with Gasteiger partial charge < -0.3 is 59.6 Å². The number of rotatable bonds is 46. The molecule has 6 amide bonds. The first-order chi connectivity index (χ1) is 55.1. The summed E-state index contributed by atoms with van der Waals surface area (Å²) in [5.41, 5.74) is 5.93. The number of likely N-dealkylation sites (N-methyl/N-ethyl adjacent to an activating group) is 6. The Balaban J connectivity index is 0.000000366. The molecule has 1 aliphatic carbocycles. The zero-order valence-corrected chi connectivity index (χ0v) is 73.1. The minimum Gasteiger partial charge on any atom is -0.410 e. The number of ether oxygens (including phenoxy) is 3. The fourth-order valence-electron chi connectivity index (χ4n) is 12.8. The van der Waals surface area contributed by atoms with Crippen molar-refractivity contribution in [2.24, 2.45) is 5.92 Å². The zero-order valence-electron chi connectivity index (χ0n) is 69.1. The van der Waals surface area contributed by atoms with E-state index in [-0.39, 0.29) is 62.9 Å². The molecular formula is C89H127Cl2N9O11S3. The van der Waals surface area contributed by atoms with Crippen LogP contribution in [-0.2, 0) is 28.7 Å². The van der Waals surface area contributed by atoms with Crippen molar-refractivity contribution in [3.05, 3.63) is 180 Å². The topological polar surface area (TPSA) is 220 Å². The molecule has 2 unspecified atom stereocenters. The van der Waals surface area contributed by atoms with Crippen molar-refractivity contribution in [1.29, 1.82) is 0 Å². The van der Waals surface area contributed by atoms with Crippen LogP contribution in [0.4, 0.5) is 31.4 Å². The Morgan fingerprint density at radius 2 is 0.711 bits per heavy atom. The maximum Gasteiger partial charge on any atom is 0.415 e. The zero-order chi connectivity index (χ0) is 83.3. The second kappa shape index (κ2) is 58.3. The number of amides is 6. The third-order valence-corrected chi connectivity index (χ3v) is 22.6. The van der Waals surface area contributed by atoms with Crippen molar-refractivity contribution >= 4 is 124 Å². The van der Waals surface area contributed by atoms with Gasteiger partial charge in [0.1, 0.15) is 23.0 Å². The summed E-state index contributed by atoms with van der Waals surface area (Å²) >= 11 is 17.5. The highest BCUT2D eigenvalue weighted by Gasteiger charge is 2.39. The van der Waals surface area contributed by atoms with Crippen LogP contribution < -0.4 is 30.2 Å². The Hall–Kier alpha value is -7.61. The number of nitrogens with one attached hydrogen (secondary N) is 3. The van der Waals surface area contributed by atoms with Crippen molar-refractivity contribution in [2.45, 2.75) is 163 Å². The van der Waals surface area contributed by atoms with Crippen molar-refractivity contribution < 1.29 is 52.6 Å². The van der Waals surface area contributed by atoms with Crippen molar-refractivity contribution in [1.82, 2.24) is 29.4 Å². The summed E-state index contributed by atoms with van der Waals surface area (Å²) in [6, 6.07) is 53.1. The van der Waals surface area contributed by atoms with Gasteiger partial charge in [0.2, 0.25) is 17.7 Å². The molecule has 7 rings (SSSR count). The monoisotopic (exact) mass is 1660 g/mol. The Morgan fingerprint density at radius 3 is 0.982 bits per heavy atom. The molecule has 3 N–H and O–H groups in total. The number of halogens is 2. The molecule has 0 aliphatic heterocycles. The lowest BCUT2D eigenvalue weighted by Crippen LogP contribution is -2.40. The number of thiol groups is 1. The maximum absolute atomic E-state index is 12.8. The van der Waals surface area contributed by atoms with Gasteiger partial charge in [-0.1, -0.05) is 150 Å². The van der Waals surface area contributed by atoms with Crippen molar-refractivity contribution in [2.75, 3.05) is 137 Å². The van der Waals surface area contributed by atoms with E-state index in [9.17, 15) is 38.4 Å². The van der Waals surface area contributed by atoms with E-state index in [0.717, 1.165) is 115 Å². The van der Waals surface area contributed by atoms with E-state index in [4.69, 9.17) is 37.4 Å². The van der Waals surface area contributed by atoms with Crippen LogP contribution in [0.25, 0.3) is 0 Å². The van der Waals surface area contributed by atoms with Crippen LogP contribution in [-0.4, -0.2) is 203 Å². The van der Waals surface area contributed by atoms with E-state index in [0.29, 0.717) is 80.0 Å². The lowest BCUT2D eigenvalue weighted by Gasteiger charge is -2.35. The molecule has 1 saturated carbocycles. The molecule has 0 aromatic heterocycles. The lowest BCUT2D eigenvalue weighted by atomic mass is 9.84. The van der Waals surface area contributed by atoms with Gasteiger partial charge in [-0.25, -0.2) is 14.4 Å². The predicted molar refractivity (Wildman–Crippen MR) is 476 cm³/mol. The molecule has 1 fully saturated rings. The SMILES string of the molecule is CCN(CCCCCCS)CCN(CC)C(=O)Oc1ccc(NC(C)=O)cc1.CCN(CCCCCCSC(c1ccccc1)(c1ccccc1)c1ccccc1)CCN(CC)C(=O)Oc1ccc(NC(C)=O)cc1.CCN(CCCCCCSC1CC(=O)C(C)C1=O)CCN(CC)C(=O)Oc1ccc(NC(C)=O)cc1.ClCCl. The van der Waals surface area contributed by atoms with Gasteiger partial charge in [0.15, 0.2) is 5.78 Å². The molecule has 0 radical (unpaired) electrons. The lowest BCUT2D eigenvalue weighted by molar-refractivity contribution is -0.126. The summed E-state index contributed by atoms with van der Waals surface area (Å²) in [5, 5.41) is 8.16. The molecule has 114 heavy (non-hydrogen) atoms. The van der Waals surface area contributed by atoms with Crippen molar-refractivity contribution in [3.63, 3.8) is 0 Å². The number of benzene rings is 6. The molecule has 1 aliphatic rings. The van der Waals surface area contributed by atoms with Crippen LogP contribution in [0.5, 0.6) is 17.2 Å². The number of thioether (sulfide) groups is 2. The number of hydrogen-bond acceptors (Lipinski definition) is 17. The number of carbonyl (C=O) groups excluding carboxylic acids is 8. The normalized spacial score (nSPS) is 13.0. The van der Waals surface area contributed by atoms with E-state index in [1.165, 1.54) is 76.0 Å². The summed E-state index contributed by atoms with van der Waals surface area (Å²) in [7, 11) is 0. The van der Waals surface area contributed by atoms with Gasteiger partial charge in [0, 0.05) is 103 Å². The molecule has 0 spiro atoms. The highest BCUT2D eigenvalue weighted by molar-refractivity contribution is 8.00. The molecule has 2 atom stereocenters. The quantitative estimate of drug-likeness (QED) is 0.00918. The molecule has 6 aromatic rings. The Morgan fingerprint density at radius 1 is 0.412 bits per heavy atom. The standard InChI is InChI=1S/C40H49N3O3S.C27H41N3O5S.C21H35N3O3S.CH2Cl2/c1-4-42(30-31-43(5-2)39(45)46-38-27-25-37(26-28-38)41-33(3)44)29-17-6-7-18-32-47-40(34-19-11-8-12-20-34,35-21-13-9-14-22-35)36-23-15-10-16-24-36;1-5-29(15-9-7-8-10-18-36-25-19-24(32)20(3)26(25)33)16-17-30(6-2)27(34)35-23-13-11-22(12-14-23)28-21(4)31;1-4-23(14-8-6-7-9-17-28)15-16-24(5-2)21(26)27-20-12-10-19(11-13-20)22-18(3)25;2-1-3/h8-16,19-28H,4-7,17-18,29-32H2,1-3H3,(H,41,44);11-14,20,25H,5-10,15-19H2,1-4H3,(H,28,31);10-13,28H,4-9,14-17H2,1-3H3,(H,22,25);1H2. The van der Waals surface area contributed by atoms with E-state index >= 15 is 0 Å². The van der Waals surface area contributed by atoms with Gasteiger partial charge in [-0.15, -0.1) is 35.0 Å². The third kappa shape index (κ3) is 38.0. The maximum atomic E-state index is 12.8. The van der Waals surface area contributed by atoms with Crippen LogP contribution in [0.3, 0.4) is 0 Å². The Kier molecular flexibility index (Phi) is 50.5. The van der Waals surface area contributed by atoms with Crippen LogP contribution in [0, 0.1) is 5.92 Å². The first-order valence-electron chi connectivity index (χ1n) is 40.5. The van der Waals surface area contributed by atoms with Gasteiger partial charge in [-0.3, -0.25) is 24.0 Å². The average Bonchev–Trinajstić information content (AvgIpc) is 0.961. The number of Topliss-reactive ketones (excluding diaryl/α,β-unsaturated/α-hetero) is 2. The number of ketones is 2. The Labute approximate surface area is 704 Å². The number of alkyl halides is 2. The first kappa shape index (κ1) is 98.8. The first-order valence-corrected chi connectivity index (χ1v) is 44.3. The summed E-state index contributed by atoms with van der Waals surface area (Å²) in [5.74, 6) is 3.68. The summed E-state index contributed by atoms with van der Waals surface area (Å²) in [6.45, 7) is 30.3. The van der Waals surface area contributed by atoms with Crippen LogP contribution in [0.15, 0.2) is 164 Å². The number of anilines is 3. The summed E-state index contributed by atoms with van der Waals surface area (Å²) in [4.78, 5) is 107. The van der Waals surface area contributed by atoms with E-state index in [1.807, 2.05) is 32.5 Å². The van der Waals surface area contributed by atoms with Gasteiger partial charge in [0.05, 0.1) is 21.3 Å². The Bertz CT molecular complexity index is 3600. The molecule has 0 bridgehead atoms. The minimum absolute atomic E-state index is 0.0874. The van der Waals surface area contributed by atoms with Crippen molar-refractivity contribution in [3.8, 4) is 17.2 Å². The number of carbonyl (C=O) groups is 8. The van der Waals surface area contributed by atoms with E-state index in [1.54, 1.807) is 106 Å². The number of nitrogens with zero attached hydrogens (tertiary/aromatic N) is 6. The molecular weight excluding hydrogens is 1540 g/mol.